The number of hydrogen-bond donors (Lipinski definition) is 0. The van der Waals surface area contributed by atoms with Gasteiger partial charge >= 0.3 is 5.69 Å². The van der Waals surface area contributed by atoms with Crippen LogP contribution in [0.3, 0.4) is 0 Å². The molecule has 1 heterocycles. The van der Waals surface area contributed by atoms with Gasteiger partial charge < -0.3 is 0 Å². The van der Waals surface area contributed by atoms with Crippen molar-refractivity contribution in [2.45, 2.75) is 26.2 Å². The molecule has 0 amide bonds. The van der Waals surface area contributed by atoms with Crippen molar-refractivity contribution < 1.29 is 9.85 Å². The van der Waals surface area contributed by atoms with Crippen molar-refractivity contribution in [1.29, 1.82) is 0 Å². The molecular weight excluding hydrogens is 276 g/mol. The third-order valence-corrected chi connectivity index (χ3v) is 2.97. The average molecular weight is 290 g/mol. The molecule has 0 aliphatic rings. The first-order chi connectivity index (χ1) is 9.70. The number of aromatic nitrogens is 2. The van der Waals surface area contributed by atoms with Crippen LogP contribution in [0, 0.1) is 20.2 Å². The lowest BCUT2D eigenvalue weighted by molar-refractivity contribution is -0.394. The van der Waals surface area contributed by atoms with E-state index in [1.54, 1.807) is 12.3 Å². The van der Waals surface area contributed by atoms with E-state index in [0.29, 0.717) is 0 Å². The number of benzene rings is 1. The number of non-ortho nitro benzene ring substituents is 1. The summed E-state index contributed by atoms with van der Waals surface area (Å²) in [7, 11) is 0. The minimum atomic E-state index is -0.666. The van der Waals surface area contributed by atoms with Gasteiger partial charge in [-0.1, -0.05) is 20.8 Å². The maximum absolute atomic E-state index is 11.1. The molecule has 110 valence electrons. The smallest absolute Gasteiger partial charge is 0.258 e. The second-order valence-corrected chi connectivity index (χ2v) is 5.58. The second kappa shape index (κ2) is 4.97. The SMILES string of the molecule is CC(C)(C)c1ccn(-c2ccc([N+](=O)[O-])cc2[N+](=O)[O-])n1. The molecule has 21 heavy (non-hydrogen) atoms. The fourth-order valence-electron chi connectivity index (χ4n) is 1.82. The standard InChI is InChI=1S/C13H14N4O4/c1-13(2,3)12-6-7-15(14-12)10-5-4-9(16(18)19)8-11(10)17(20)21/h4-8H,1-3H3. The van der Waals surface area contributed by atoms with Crippen LogP contribution in [-0.2, 0) is 5.41 Å². The summed E-state index contributed by atoms with van der Waals surface area (Å²) in [6.45, 7) is 5.93. The Hall–Kier alpha value is -2.77. The minimum absolute atomic E-state index is 0.194. The van der Waals surface area contributed by atoms with Crippen molar-refractivity contribution >= 4 is 11.4 Å². The van der Waals surface area contributed by atoms with Crippen LogP contribution in [0.2, 0.25) is 0 Å². The molecule has 8 heteroatoms. The van der Waals surface area contributed by atoms with E-state index in [4.69, 9.17) is 0 Å². The van der Waals surface area contributed by atoms with E-state index >= 15 is 0 Å². The van der Waals surface area contributed by atoms with Gasteiger partial charge in [0.2, 0.25) is 0 Å². The Morgan fingerprint density at radius 2 is 1.76 bits per heavy atom. The predicted molar refractivity (Wildman–Crippen MR) is 75.6 cm³/mol. The summed E-state index contributed by atoms with van der Waals surface area (Å²) in [5, 5.41) is 26.1. The van der Waals surface area contributed by atoms with E-state index in [9.17, 15) is 20.2 Å². The Balaban J connectivity index is 2.56. The molecule has 0 aliphatic carbocycles. The van der Waals surface area contributed by atoms with Crippen LogP contribution in [0.5, 0.6) is 0 Å². The lowest BCUT2D eigenvalue weighted by atomic mass is 9.93. The molecule has 0 saturated heterocycles. The highest BCUT2D eigenvalue weighted by Crippen LogP contribution is 2.28. The molecule has 0 atom stereocenters. The molecular formula is C13H14N4O4. The van der Waals surface area contributed by atoms with Crippen molar-refractivity contribution in [3.63, 3.8) is 0 Å². The van der Waals surface area contributed by atoms with Gasteiger partial charge in [-0.2, -0.15) is 5.10 Å². The van der Waals surface area contributed by atoms with E-state index in [0.717, 1.165) is 11.8 Å². The van der Waals surface area contributed by atoms with Crippen molar-refractivity contribution in [1.82, 2.24) is 9.78 Å². The van der Waals surface area contributed by atoms with Crippen molar-refractivity contribution in [2.75, 3.05) is 0 Å². The summed E-state index contributed by atoms with van der Waals surface area (Å²) in [4.78, 5) is 20.5. The van der Waals surface area contributed by atoms with Crippen LogP contribution >= 0.6 is 0 Å². The fraction of sp³-hybridized carbons (Fsp3) is 0.308. The number of hydrogen-bond acceptors (Lipinski definition) is 5. The van der Waals surface area contributed by atoms with Crippen LogP contribution in [0.25, 0.3) is 5.69 Å². The molecule has 2 rings (SSSR count). The molecule has 0 spiro atoms. The monoisotopic (exact) mass is 290 g/mol. The van der Waals surface area contributed by atoms with E-state index < -0.39 is 9.85 Å². The summed E-state index contributed by atoms with van der Waals surface area (Å²) < 4.78 is 1.36. The minimum Gasteiger partial charge on any atom is -0.258 e. The van der Waals surface area contributed by atoms with E-state index in [2.05, 4.69) is 5.10 Å². The van der Waals surface area contributed by atoms with Crippen molar-refractivity contribution in [2.24, 2.45) is 0 Å². The molecule has 2 aromatic rings. The van der Waals surface area contributed by atoms with Gasteiger partial charge in [-0.15, -0.1) is 0 Å². The molecule has 0 unspecified atom stereocenters. The van der Waals surface area contributed by atoms with Crippen molar-refractivity contribution in [3.05, 3.63) is 56.4 Å². The van der Waals surface area contributed by atoms with Crippen LogP contribution in [0.4, 0.5) is 11.4 Å². The zero-order valence-corrected chi connectivity index (χ0v) is 11.8. The van der Waals surface area contributed by atoms with Crippen LogP contribution < -0.4 is 0 Å². The fourth-order valence-corrected chi connectivity index (χ4v) is 1.82. The Kier molecular flexibility index (Phi) is 3.46. The molecule has 0 saturated carbocycles. The predicted octanol–water partition coefficient (Wildman–Crippen LogP) is 2.99. The first-order valence-electron chi connectivity index (χ1n) is 6.19. The van der Waals surface area contributed by atoms with Gasteiger partial charge in [-0.25, -0.2) is 4.68 Å². The second-order valence-electron chi connectivity index (χ2n) is 5.58. The Morgan fingerprint density at radius 3 is 2.24 bits per heavy atom. The van der Waals surface area contributed by atoms with E-state index in [1.807, 2.05) is 20.8 Å². The van der Waals surface area contributed by atoms with Gasteiger partial charge in [0.1, 0.15) is 5.69 Å². The zero-order valence-electron chi connectivity index (χ0n) is 11.8. The Morgan fingerprint density at radius 1 is 1.10 bits per heavy atom. The largest absolute Gasteiger partial charge is 0.301 e. The summed E-state index contributed by atoms with van der Waals surface area (Å²) in [6.07, 6.45) is 1.61. The normalized spacial score (nSPS) is 11.4. The molecule has 0 bridgehead atoms. The van der Waals surface area contributed by atoms with E-state index in [-0.39, 0.29) is 22.5 Å². The van der Waals surface area contributed by atoms with Gasteiger partial charge in [0.25, 0.3) is 5.69 Å². The number of nitrogens with zero attached hydrogens (tertiary/aromatic N) is 4. The molecule has 0 radical (unpaired) electrons. The highest BCUT2D eigenvalue weighted by molar-refractivity contribution is 5.57. The summed E-state index contributed by atoms with van der Waals surface area (Å²) in [5.74, 6) is 0. The summed E-state index contributed by atoms with van der Waals surface area (Å²) in [5.41, 5.74) is 0.0959. The lowest BCUT2D eigenvalue weighted by Crippen LogP contribution is -2.13. The van der Waals surface area contributed by atoms with E-state index in [1.165, 1.54) is 16.8 Å². The molecule has 0 N–H and O–H groups in total. The van der Waals surface area contributed by atoms with Crippen LogP contribution in [-0.4, -0.2) is 19.6 Å². The van der Waals surface area contributed by atoms with Gasteiger partial charge in [0.05, 0.1) is 21.6 Å². The molecule has 1 aromatic heterocycles. The topological polar surface area (TPSA) is 104 Å². The third kappa shape index (κ3) is 2.88. The quantitative estimate of drug-likeness (QED) is 0.638. The molecule has 0 fully saturated rings. The lowest BCUT2D eigenvalue weighted by Gasteiger charge is -2.14. The summed E-state index contributed by atoms with van der Waals surface area (Å²) >= 11 is 0. The Labute approximate surface area is 120 Å². The van der Waals surface area contributed by atoms with Gasteiger partial charge in [-0.3, -0.25) is 20.2 Å². The Bertz CT molecular complexity index is 715. The van der Waals surface area contributed by atoms with Crippen LogP contribution in [0.1, 0.15) is 26.5 Å². The number of rotatable bonds is 3. The maximum atomic E-state index is 11.1. The van der Waals surface area contributed by atoms with Gasteiger partial charge in [0, 0.05) is 17.7 Å². The van der Waals surface area contributed by atoms with Gasteiger partial charge in [-0.05, 0) is 12.1 Å². The first kappa shape index (κ1) is 14.6. The maximum Gasteiger partial charge on any atom is 0.301 e. The van der Waals surface area contributed by atoms with Crippen molar-refractivity contribution in [3.8, 4) is 5.69 Å². The average Bonchev–Trinajstić information content (AvgIpc) is 2.87. The highest BCUT2D eigenvalue weighted by Gasteiger charge is 2.23. The van der Waals surface area contributed by atoms with Crippen LogP contribution in [0.15, 0.2) is 30.5 Å². The third-order valence-electron chi connectivity index (χ3n) is 2.97. The molecule has 8 nitrogen and oxygen atoms in total. The molecule has 1 aromatic carbocycles. The summed E-state index contributed by atoms with van der Waals surface area (Å²) in [6, 6.07) is 5.26. The number of nitro benzene ring substituents is 2. The molecule has 0 aliphatic heterocycles. The first-order valence-corrected chi connectivity index (χ1v) is 6.19. The highest BCUT2D eigenvalue weighted by atomic mass is 16.6. The zero-order chi connectivity index (χ0) is 15.8. The number of nitro groups is 2. The van der Waals surface area contributed by atoms with Gasteiger partial charge in [0.15, 0.2) is 0 Å².